The molecule has 0 fully saturated rings. The number of phenols is 1. The predicted molar refractivity (Wildman–Crippen MR) is 77.2 cm³/mol. The van der Waals surface area contributed by atoms with Crippen molar-refractivity contribution in [3.8, 4) is 11.5 Å². The van der Waals surface area contributed by atoms with Crippen molar-refractivity contribution in [1.29, 1.82) is 0 Å². The molecule has 1 atom stereocenters. The number of ether oxygens (including phenoxy) is 1. The van der Waals surface area contributed by atoms with Crippen LogP contribution in [0.4, 0.5) is 0 Å². The summed E-state index contributed by atoms with van der Waals surface area (Å²) in [6, 6.07) is 2.90. The zero-order valence-electron chi connectivity index (χ0n) is 12.4. The molecule has 0 spiro atoms. The molecule has 1 aromatic rings. The summed E-state index contributed by atoms with van der Waals surface area (Å²) < 4.78 is 5.24. The Kier molecular flexibility index (Phi) is 5.00. The molecule has 0 amide bonds. The highest BCUT2D eigenvalue weighted by atomic mass is 16.5. The lowest BCUT2D eigenvalue weighted by molar-refractivity contribution is -0.137. The number of hydrogen-bond acceptors (Lipinski definition) is 4. The van der Waals surface area contributed by atoms with E-state index in [1.807, 2.05) is 20.8 Å². The van der Waals surface area contributed by atoms with Gasteiger partial charge in [0.15, 0.2) is 0 Å². The summed E-state index contributed by atoms with van der Waals surface area (Å²) in [5.41, 5.74) is 6.99. The molecule has 0 bridgehead atoms. The minimum Gasteiger partial charge on any atom is -0.507 e. The molecule has 1 unspecified atom stereocenters. The molecular weight excluding hydrogens is 258 g/mol. The van der Waals surface area contributed by atoms with Crippen molar-refractivity contribution in [1.82, 2.24) is 0 Å². The lowest BCUT2D eigenvalue weighted by atomic mass is 9.83. The Morgan fingerprint density at radius 1 is 1.40 bits per heavy atom. The maximum atomic E-state index is 10.6. The van der Waals surface area contributed by atoms with E-state index in [2.05, 4.69) is 0 Å². The summed E-state index contributed by atoms with van der Waals surface area (Å²) in [6.45, 7) is 5.94. The minimum atomic E-state index is -0.904. The van der Waals surface area contributed by atoms with Gasteiger partial charge in [-0.05, 0) is 24.0 Å². The van der Waals surface area contributed by atoms with Crippen molar-refractivity contribution < 1.29 is 19.7 Å². The zero-order valence-corrected chi connectivity index (χ0v) is 12.4. The minimum absolute atomic E-state index is 0.0390. The Balaban J connectivity index is 3.21. The molecule has 0 aliphatic carbocycles. The van der Waals surface area contributed by atoms with Gasteiger partial charge in [-0.3, -0.25) is 4.79 Å². The average Bonchev–Trinajstić information content (AvgIpc) is 2.34. The first-order valence-corrected chi connectivity index (χ1v) is 6.55. The molecule has 5 nitrogen and oxygen atoms in total. The van der Waals surface area contributed by atoms with Gasteiger partial charge in [0.1, 0.15) is 11.5 Å². The van der Waals surface area contributed by atoms with Gasteiger partial charge in [0.05, 0.1) is 7.11 Å². The van der Waals surface area contributed by atoms with Crippen molar-refractivity contribution in [2.75, 3.05) is 7.11 Å². The van der Waals surface area contributed by atoms with E-state index in [1.54, 1.807) is 19.2 Å². The summed E-state index contributed by atoms with van der Waals surface area (Å²) in [6.07, 6.45) is 0.225. The molecule has 0 radical (unpaired) electrons. The summed E-state index contributed by atoms with van der Waals surface area (Å²) in [5.74, 6) is -0.177. The molecule has 0 aliphatic rings. The Labute approximate surface area is 119 Å². The highest BCUT2D eigenvalue weighted by Crippen LogP contribution is 2.39. The molecule has 1 rings (SSSR count). The topological polar surface area (TPSA) is 92.8 Å². The standard InChI is InChI=1S/C15H23NO4/c1-15(2,3)11-8-9(20-4)7-10(14(11)19)12(16)5-6-13(17)18/h7-8,12,19H,5-6,16H2,1-4H3,(H,17,18). The van der Waals surface area contributed by atoms with E-state index in [-0.39, 0.29) is 24.0 Å². The van der Waals surface area contributed by atoms with E-state index in [0.717, 1.165) is 5.56 Å². The Morgan fingerprint density at radius 3 is 2.45 bits per heavy atom. The van der Waals surface area contributed by atoms with Gasteiger partial charge in [-0.15, -0.1) is 0 Å². The van der Waals surface area contributed by atoms with Crippen LogP contribution in [-0.2, 0) is 10.2 Å². The third-order valence-electron chi connectivity index (χ3n) is 3.23. The smallest absolute Gasteiger partial charge is 0.303 e. The third kappa shape index (κ3) is 3.87. The highest BCUT2D eigenvalue weighted by molar-refractivity contribution is 5.66. The van der Waals surface area contributed by atoms with Crippen molar-refractivity contribution in [3.63, 3.8) is 0 Å². The van der Waals surface area contributed by atoms with E-state index in [9.17, 15) is 9.90 Å². The average molecular weight is 281 g/mol. The molecule has 0 aliphatic heterocycles. The Hall–Kier alpha value is -1.75. The van der Waals surface area contributed by atoms with Crippen LogP contribution in [0.1, 0.15) is 50.8 Å². The summed E-state index contributed by atoms with van der Waals surface area (Å²) >= 11 is 0. The lowest BCUT2D eigenvalue weighted by Gasteiger charge is -2.24. The van der Waals surface area contributed by atoms with E-state index >= 15 is 0 Å². The Bertz CT molecular complexity index is 491. The van der Waals surface area contributed by atoms with Crippen LogP contribution in [-0.4, -0.2) is 23.3 Å². The van der Waals surface area contributed by atoms with Gasteiger partial charge in [0.25, 0.3) is 0 Å². The molecule has 20 heavy (non-hydrogen) atoms. The first-order chi connectivity index (χ1) is 9.16. The van der Waals surface area contributed by atoms with Gasteiger partial charge in [0.2, 0.25) is 0 Å². The molecule has 1 aromatic carbocycles. The normalized spacial score (nSPS) is 13.1. The molecule has 112 valence electrons. The van der Waals surface area contributed by atoms with Gasteiger partial charge in [0, 0.05) is 23.6 Å². The van der Waals surface area contributed by atoms with E-state index in [1.165, 1.54) is 0 Å². The summed E-state index contributed by atoms with van der Waals surface area (Å²) in [4.78, 5) is 10.6. The van der Waals surface area contributed by atoms with Crippen LogP contribution in [0.2, 0.25) is 0 Å². The number of aromatic hydroxyl groups is 1. The largest absolute Gasteiger partial charge is 0.507 e. The van der Waals surface area contributed by atoms with Gasteiger partial charge in [-0.2, -0.15) is 0 Å². The Morgan fingerprint density at radius 2 is 2.00 bits per heavy atom. The second-order valence-corrected chi connectivity index (χ2v) is 5.90. The van der Waals surface area contributed by atoms with Crippen LogP contribution in [0, 0.1) is 0 Å². The molecular formula is C15H23NO4. The van der Waals surface area contributed by atoms with E-state index in [0.29, 0.717) is 11.3 Å². The number of carboxylic acid groups (broad SMARTS) is 1. The van der Waals surface area contributed by atoms with Gasteiger partial charge >= 0.3 is 5.97 Å². The number of carbonyl (C=O) groups is 1. The molecule has 0 heterocycles. The van der Waals surface area contributed by atoms with Crippen LogP contribution < -0.4 is 10.5 Å². The molecule has 0 saturated carbocycles. The van der Waals surface area contributed by atoms with E-state index < -0.39 is 12.0 Å². The van der Waals surface area contributed by atoms with Crippen molar-refractivity contribution in [2.45, 2.75) is 45.1 Å². The molecule has 0 aromatic heterocycles. The fourth-order valence-electron chi connectivity index (χ4n) is 2.04. The first kappa shape index (κ1) is 16.3. The third-order valence-corrected chi connectivity index (χ3v) is 3.23. The lowest BCUT2D eigenvalue weighted by Crippen LogP contribution is -2.17. The van der Waals surface area contributed by atoms with Crippen LogP contribution in [0.5, 0.6) is 11.5 Å². The zero-order chi connectivity index (χ0) is 15.5. The number of rotatable bonds is 5. The molecule has 0 saturated heterocycles. The number of nitrogens with two attached hydrogens (primary N) is 1. The first-order valence-electron chi connectivity index (χ1n) is 6.55. The maximum Gasteiger partial charge on any atom is 0.303 e. The second-order valence-electron chi connectivity index (χ2n) is 5.90. The van der Waals surface area contributed by atoms with Gasteiger partial charge in [-0.1, -0.05) is 20.8 Å². The number of carboxylic acids is 1. The monoisotopic (exact) mass is 281 g/mol. The maximum absolute atomic E-state index is 10.6. The summed E-state index contributed by atoms with van der Waals surface area (Å²) in [5, 5.41) is 19.1. The number of aliphatic carboxylic acids is 1. The summed E-state index contributed by atoms with van der Waals surface area (Å²) in [7, 11) is 1.55. The van der Waals surface area contributed by atoms with Crippen molar-refractivity contribution >= 4 is 5.97 Å². The van der Waals surface area contributed by atoms with Crippen LogP contribution in [0.15, 0.2) is 12.1 Å². The SMILES string of the molecule is COc1cc(C(N)CCC(=O)O)c(O)c(C(C)(C)C)c1. The molecule has 5 heteroatoms. The van der Waals surface area contributed by atoms with Gasteiger partial charge in [-0.25, -0.2) is 0 Å². The number of hydrogen-bond donors (Lipinski definition) is 3. The highest BCUT2D eigenvalue weighted by Gasteiger charge is 2.24. The molecule has 4 N–H and O–H groups in total. The quantitative estimate of drug-likeness (QED) is 0.771. The predicted octanol–water partition coefficient (Wildman–Crippen LogP) is 2.56. The van der Waals surface area contributed by atoms with Crippen LogP contribution in [0.3, 0.4) is 0 Å². The van der Waals surface area contributed by atoms with E-state index in [4.69, 9.17) is 15.6 Å². The van der Waals surface area contributed by atoms with Crippen molar-refractivity contribution in [3.05, 3.63) is 23.3 Å². The van der Waals surface area contributed by atoms with Crippen LogP contribution in [0.25, 0.3) is 0 Å². The fraction of sp³-hybridized carbons (Fsp3) is 0.533. The van der Waals surface area contributed by atoms with Gasteiger partial charge < -0.3 is 20.7 Å². The number of benzene rings is 1. The second kappa shape index (κ2) is 6.13. The van der Waals surface area contributed by atoms with Crippen LogP contribution >= 0.6 is 0 Å². The fourth-order valence-corrected chi connectivity index (χ4v) is 2.04. The number of phenolic OH excluding ortho intramolecular Hbond substituents is 1. The number of methoxy groups -OCH3 is 1. The van der Waals surface area contributed by atoms with Crippen molar-refractivity contribution in [2.24, 2.45) is 5.73 Å².